The van der Waals surface area contributed by atoms with Crippen molar-refractivity contribution in [1.29, 1.82) is 0 Å². The standard InChI is InChI=1S/C11H11N/c1-9-3-2-4-11-8-12-6-5-10(11)7-9/h2-6,8H,7H2,1H3. The van der Waals surface area contributed by atoms with E-state index >= 15 is 0 Å². The number of nitrogens with zero attached hydrogens (tertiary/aromatic N) is 1. The summed E-state index contributed by atoms with van der Waals surface area (Å²) < 4.78 is 0. The molecule has 1 aliphatic carbocycles. The fourth-order valence-corrected chi connectivity index (χ4v) is 1.42. The van der Waals surface area contributed by atoms with Crippen molar-refractivity contribution < 1.29 is 0 Å². The Labute approximate surface area is 72.5 Å². The van der Waals surface area contributed by atoms with E-state index in [4.69, 9.17) is 0 Å². The van der Waals surface area contributed by atoms with Crippen LogP contribution in [-0.4, -0.2) is 4.98 Å². The van der Waals surface area contributed by atoms with Gasteiger partial charge >= 0.3 is 0 Å². The predicted molar refractivity (Wildman–Crippen MR) is 50.7 cm³/mol. The molecule has 0 N–H and O–H groups in total. The molecule has 1 aromatic rings. The molecule has 0 amide bonds. The van der Waals surface area contributed by atoms with Crippen molar-refractivity contribution in [3.05, 3.63) is 47.3 Å². The molecule has 0 saturated carbocycles. The van der Waals surface area contributed by atoms with Crippen molar-refractivity contribution in [2.75, 3.05) is 0 Å². The van der Waals surface area contributed by atoms with Gasteiger partial charge in [-0.1, -0.05) is 23.8 Å². The lowest BCUT2D eigenvalue weighted by molar-refractivity contribution is 1.12. The SMILES string of the molecule is CC1=CC=Cc2cnccc2C1. The smallest absolute Gasteiger partial charge is 0.0343 e. The quantitative estimate of drug-likeness (QED) is 0.564. The van der Waals surface area contributed by atoms with E-state index < -0.39 is 0 Å². The maximum absolute atomic E-state index is 4.09. The lowest BCUT2D eigenvalue weighted by atomic mass is 10.1. The van der Waals surface area contributed by atoms with Gasteiger partial charge in [0.25, 0.3) is 0 Å². The molecule has 12 heavy (non-hydrogen) atoms. The van der Waals surface area contributed by atoms with Gasteiger partial charge in [-0.15, -0.1) is 0 Å². The van der Waals surface area contributed by atoms with Crippen LogP contribution in [0.5, 0.6) is 0 Å². The number of hydrogen-bond donors (Lipinski definition) is 0. The van der Waals surface area contributed by atoms with Crippen LogP contribution in [0.2, 0.25) is 0 Å². The van der Waals surface area contributed by atoms with Gasteiger partial charge in [0.15, 0.2) is 0 Å². The maximum atomic E-state index is 4.09. The second-order valence-corrected chi connectivity index (χ2v) is 3.12. The first-order valence-corrected chi connectivity index (χ1v) is 4.13. The van der Waals surface area contributed by atoms with Gasteiger partial charge in [0.05, 0.1) is 0 Å². The molecule has 0 unspecified atom stereocenters. The van der Waals surface area contributed by atoms with Gasteiger partial charge in [0, 0.05) is 12.4 Å². The molecular weight excluding hydrogens is 146 g/mol. The molecule has 60 valence electrons. The fraction of sp³-hybridized carbons (Fsp3) is 0.182. The summed E-state index contributed by atoms with van der Waals surface area (Å²) in [7, 11) is 0. The van der Waals surface area contributed by atoms with Gasteiger partial charge in [-0.2, -0.15) is 0 Å². The van der Waals surface area contributed by atoms with E-state index in [1.807, 2.05) is 12.4 Å². The highest BCUT2D eigenvalue weighted by Crippen LogP contribution is 2.17. The third kappa shape index (κ3) is 1.30. The van der Waals surface area contributed by atoms with Crippen LogP contribution < -0.4 is 0 Å². The number of allylic oxidation sites excluding steroid dienone is 3. The highest BCUT2D eigenvalue weighted by Gasteiger charge is 2.01. The Hall–Kier alpha value is -1.37. The normalized spacial score (nSPS) is 14.9. The van der Waals surface area contributed by atoms with Gasteiger partial charge in [0.2, 0.25) is 0 Å². The van der Waals surface area contributed by atoms with Crippen LogP contribution in [0.15, 0.2) is 36.2 Å². The molecule has 0 atom stereocenters. The second kappa shape index (κ2) is 2.94. The molecular formula is C11H11N. The van der Waals surface area contributed by atoms with Crippen LogP contribution in [0.4, 0.5) is 0 Å². The first-order valence-electron chi connectivity index (χ1n) is 4.13. The summed E-state index contributed by atoms with van der Waals surface area (Å²) in [6, 6.07) is 2.09. The molecule has 1 heteroatoms. The lowest BCUT2D eigenvalue weighted by Gasteiger charge is -2.02. The van der Waals surface area contributed by atoms with Crippen LogP contribution in [-0.2, 0) is 6.42 Å². The highest BCUT2D eigenvalue weighted by atomic mass is 14.6. The summed E-state index contributed by atoms with van der Waals surface area (Å²) in [4.78, 5) is 4.09. The van der Waals surface area contributed by atoms with Gasteiger partial charge in [0.1, 0.15) is 0 Å². The Bertz CT molecular complexity index is 348. The minimum Gasteiger partial charge on any atom is -0.264 e. The predicted octanol–water partition coefficient (Wildman–Crippen LogP) is 2.60. The summed E-state index contributed by atoms with van der Waals surface area (Å²) in [6.07, 6.45) is 11.2. The Morgan fingerprint density at radius 2 is 2.33 bits per heavy atom. The first-order chi connectivity index (χ1) is 5.86. The van der Waals surface area contributed by atoms with Gasteiger partial charge < -0.3 is 0 Å². The third-order valence-corrected chi connectivity index (χ3v) is 2.07. The summed E-state index contributed by atoms with van der Waals surface area (Å²) in [5, 5.41) is 0. The number of hydrogen-bond acceptors (Lipinski definition) is 1. The molecule has 0 aliphatic heterocycles. The lowest BCUT2D eigenvalue weighted by Crippen LogP contribution is -1.89. The van der Waals surface area contributed by atoms with E-state index in [1.165, 1.54) is 16.7 Å². The molecule has 0 spiro atoms. The molecule has 1 aliphatic rings. The molecule has 0 aromatic carbocycles. The Balaban J connectivity index is 2.49. The molecule has 1 nitrogen and oxygen atoms in total. The number of rotatable bonds is 0. The summed E-state index contributed by atoms with van der Waals surface area (Å²) in [5.41, 5.74) is 4.01. The zero-order valence-corrected chi connectivity index (χ0v) is 7.12. The van der Waals surface area contributed by atoms with Crippen LogP contribution in [0.1, 0.15) is 18.1 Å². The van der Waals surface area contributed by atoms with E-state index in [0.717, 1.165) is 6.42 Å². The Kier molecular flexibility index (Phi) is 1.78. The van der Waals surface area contributed by atoms with Crippen LogP contribution in [0.25, 0.3) is 6.08 Å². The average Bonchev–Trinajstić information content (AvgIpc) is 2.25. The third-order valence-electron chi connectivity index (χ3n) is 2.07. The topological polar surface area (TPSA) is 12.9 Å². The number of pyridine rings is 1. The average molecular weight is 157 g/mol. The van der Waals surface area contributed by atoms with E-state index in [9.17, 15) is 0 Å². The van der Waals surface area contributed by atoms with Gasteiger partial charge in [-0.05, 0) is 30.5 Å². The van der Waals surface area contributed by atoms with Crippen molar-refractivity contribution in [3.63, 3.8) is 0 Å². The molecule has 0 fully saturated rings. The first kappa shape index (κ1) is 7.29. The molecule has 1 heterocycles. The Morgan fingerprint density at radius 1 is 1.42 bits per heavy atom. The zero-order chi connectivity index (χ0) is 8.39. The minimum absolute atomic E-state index is 1.05. The van der Waals surface area contributed by atoms with Crippen molar-refractivity contribution in [3.8, 4) is 0 Å². The van der Waals surface area contributed by atoms with Crippen molar-refractivity contribution >= 4 is 6.08 Å². The van der Waals surface area contributed by atoms with Crippen molar-refractivity contribution in [2.45, 2.75) is 13.3 Å². The maximum Gasteiger partial charge on any atom is 0.0343 e. The summed E-state index contributed by atoms with van der Waals surface area (Å²) in [5.74, 6) is 0. The molecule has 1 aromatic heterocycles. The van der Waals surface area contributed by atoms with Gasteiger partial charge in [-0.3, -0.25) is 4.98 Å². The van der Waals surface area contributed by atoms with Crippen molar-refractivity contribution in [1.82, 2.24) is 4.98 Å². The second-order valence-electron chi connectivity index (χ2n) is 3.12. The van der Waals surface area contributed by atoms with Gasteiger partial charge in [-0.25, -0.2) is 0 Å². The van der Waals surface area contributed by atoms with Crippen LogP contribution in [0.3, 0.4) is 0 Å². The zero-order valence-electron chi connectivity index (χ0n) is 7.12. The van der Waals surface area contributed by atoms with E-state index in [0.29, 0.717) is 0 Å². The molecule has 2 rings (SSSR count). The van der Waals surface area contributed by atoms with E-state index in [1.54, 1.807) is 0 Å². The van der Waals surface area contributed by atoms with Crippen LogP contribution >= 0.6 is 0 Å². The number of aromatic nitrogens is 1. The van der Waals surface area contributed by atoms with Crippen LogP contribution in [0, 0.1) is 0 Å². The van der Waals surface area contributed by atoms with Crippen molar-refractivity contribution in [2.24, 2.45) is 0 Å². The highest BCUT2D eigenvalue weighted by molar-refractivity contribution is 5.56. The Morgan fingerprint density at radius 3 is 3.25 bits per heavy atom. The monoisotopic (exact) mass is 157 g/mol. The molecule has 0 radical (unpaired) electrons. The minimum atomic E-state index is 1.05. The molecule has 0 saturated heterocycles. The fourth-order valence-electron chi connectivity index (χ4n) is 1.42. The largest absolute Gasteiger partial charge is 0.264 e. The number of fused-ring (bicyclic) bond motifs is 1. The summed E-state index contributed by atoms with van der Waals surface area (Å²) >= 11 is 0. The van der Waals surface area contributed by atoms with E-state index in [-0.39, 0.29) is 0 Å². The molecule has 0 bridgehead atoms. The summed E-state index contributed by atoms with van der Waals surface area (Å²) in [6.45, 7) is 2.15. The van der Waals surface area contributed by atoms with E-state index in [2.05, 4.69) is 36.2 Å².